The van der Waals surface area contributed by atoms with E-state index in [2.05, 4.69) is 25.0 Å². The van der Waals surface area contributed by atoms with Crippen molar-refractivity contribution in [3.63, 3.8) is 0 Å². The minimum atomic E-state index is -4.52. The van der Waals surface area contributed by atoms with Gasteiger partial charge in [-0.25, -0.2) is 19.5 Å². The highest BCUT2D eigenvalue weighted by Gasteiger charge is 2.33. The molecule has 0 unspecified atom stereocenters. The lowest BCUT2D eigenvalue weighted by atomic mass is 10.3. The van der Waals surface area contributed by atoms with Gasteiger partial charge in [0.25, 0.3) is 5.78 Å². The molecule has 1 fully saturated rings. The third kappa shape index (κ3) is 2.28. The number of hydrogen-bond donors (Lipinski definition) is 0. The number of aromatic nitrogens is 6. The van der Waals surface area contributed by atoms with Crippen LogP contribution in [0.25, 0.3) is 17.3 Å². The van der Waals surface area contributed by atoms with E-state index < -0.39 is 11.9 Å². The number of hydrogen-bond acceptors (Lipinski definition) is 5. The van der Waals surface area contributed by atoms with Crippen LogP contribution in [0.1, 0.15) is 30.3 Å². The zero-order chi connectivity index (χ0) is 15.3. The van der Waals surface area contributed by atoms with Crippen molar-refractivity contribution < 1.29 is 13.2 Å². The molecule has 0 bridgehead atoms. The fraction of sp³-hybridized carbons (Fsp3) is 0.308. The molecule has 0 aromatic carbocycles. The summed E-state index contributed by atoms with van der Waals surface area (Å²) in [5.74, 6) is 1.33. The second-order valence-electron chi connectivity index (χ2n) is 5.06. The molecule has 0 aliphatic heterocycles. The Balaban J connectivity index is 1.77. The quantitative estimate of drug-likeness (QED) is 0.727. The van der Waals surface area contributed by atoms with Crippen molar-refractivity contribution in [2.45, 2.75) is 24.9 Å². The third-order valence-corrected chi connectivity index (χ3v) is 3.34. The zero-order valence-corrected chi connectivity index (χ0v) is 11.1. The molecule has 3 aromatic heterocycles. The van der Waals surface area contributed by atoms with Crippen LogP contribution in [0.3, 0.4) is 0 Å². The van der Waals surface area contributed by atoms with E-state index in [0.29, 0.717) is 11.7 Å². The van der Waals surface area contributed by atoms with Gasteiger partial charge in [0.2, 0.25) is 0 Å². The van der Waals surface area contributed by atoms with E-state index in [1.165, 1.54) is 10.6 Å². The number of alkyl halides is 3. The Hall–Kier alpha value is -2.58. The maximum Gasteiger partial charge on any atom is 0.433 e. The Bertz CT molecular complexity index is 852. The van der Waals surface area contributed by atoms with E-state index in [-0.39, 0.29) is 11.5 Å². The molecule has 0 amide bonds. The molecule has 112 valence electrons. The maximum atomic E-state index is 12.7. The van der Waals surface area contributed by atoms with Crippen LogP contribution in [-0.4, -0.2) is 29.5 Å². The van der Waals surface area contributed by atoms with E-state index in [4.69, 9.17) is 0 Å². The van der Waals surface area contributed by atoms with E-state index in [0.717, 1.165) is 30.9 Å². The number of halogens is 3. The van der Waals surface area contributed by atoms with E-state index in [1.54, 1.807) is 6.20 Å². The van der Waals surface area contributed by atoms with Crippen LogP contribution >= 0.6 is 0 Å². The maximum absolute atomic E-state index is 12.7. The van der Waals surface area contributed by atoms with E-state index >= 15 is 0 Å². The summed E-state index contributed by atoms with van der Waals surface area (Å²) in [6.45, 7) is 0. The Labute approximate surface area is 122 Å². The molecule has 0 radical (unpaired) electrons. The molecule has 9 heteroatoms. The van der Waals surface area contributed by atoms with Crippen LogP contribution in [0.5, 0.6) is 0 Å². The summed E-state index contributed by atoms with van der Waals surface area (Å²) in [6, 6.07) is 2.35. The van der Waals surface area contributed by atoms with Crippen molar-refractivity contribution in [3.05, 3.63) is 36.0 Å². The summed E-state index contributed by atoms with van der Waals surface area (Å²) in [7, 11) is 0. The van der Waals surface area contributed by atoms with Gasteiger partial charge in [0.05, 0.1) is 0 Å². The van der Waals surface area contributed by atoms with Crippen LogP contribution in [0.2, 0.25) is 0 Å². The minimum absolute atomic E-state index is 0.0895. The number of fused-ring (bicyclic) bond motifs is 1. The van der Waals surface area contributed by atoms with Crippen molar-refractivity contribution in [1.82, 2.24) is 29.5 Å². The van der Waals surface area contributed by atoms with Crippen molar-refractivity contribution in [2.24, 2.45) is 0 Å². The highest BCUT2D eigenvalue weighted by Crippen LogP contribution is 2.38. The Morgan fingerprint density at radius 2 is 1.91 bits per heavy atom. The summed E-state index contributed by atoms with van der Waals surface area (Å²) >= 11 is 0. The first-order chi connectivity index (χ1) is 10.5. The van der Waals surface area contributed by atoms with Crippen LogP contribution in [0.15, 0.2) is 24.5 Å². The molecule has 1 aliphatic rings. The predicted octanol–water partition coefficient (Wildman–Crippen LogP) is 2.48. The van der Waals surface area contributed by atoms with E-state index in [1.807, 2.05) is 0 Å². The molecule has 0 saturated heterocycles. The zero-order valence-electron chi connectivity index (χ0n) is 11.1. The monoisotopic (exact) mass is 306 g/mol. The minimum Gasteiger partial charge on any atom is -0.235 e. The fourth-order valence-corrected chi connectivity index (χ4v) is 2.07. The Kier molecular flexibility index (Phi) is 2.65. The molecule has 1 saturated carbocycles. The first-order valence-electron chi connectivity index (χ1n) is 6.64. The van der Waals surface area contributed by atoms with Gasteiger partial charge in [0, 0.05) is 18.3 Å². The summed E-state index contributed by atoms with van der Waals surface area (Å²) in [4.78, 5) is 15.9. The van der Waals surface area contributed by atoms with Gasteiger partial charge >= 0.3 is 6.18 Å². The number of nitrogens with zero attached hydrogens (tertiary/aromatic N) is 6. The summed E-state index contributed by atoms with van der Waals surface area (Å²) < 4.78 is 39.6. The number of rotatable bonds is 2. The molecule has 0 atom stereocenters. The SMILES string of the molecule is FC(F)(F)c1ccnc(-c2ccn3nc(C4CC4)nc3n2)n1. The molecular weight excluding hydrogens is 297 g/mol. The average molecular weight is 306 g/mol. The second-order valence-corrected chi connectivity index (χ2v) is 5.06. The lowest BCUT2D eigenvalue weighted by molar-refractivity contribution is -0.141. The van der Waals surface area contributed by atoms with Gasteiger partial charge in [-0.1, -0.05) is 0 Å². The summed E-state index contributed by atoms with van der Waals surface area (Å²) in [5.41, 5.74) is -0.771. The predicted molar refractivity (Wildman–Crippen MR) is 68.8 cm³/mol. The van der Waals surface area contributed by atoms with Gasteiger partial charge < -0.3 is 0 Å². The molecular formula is C13H9F3N6. The molecule has 4 rings (SSSR count). The average Bonchev–Trinajstić information content (AvgIpc) is 3.25. The standard InChI is InChI=1S/C13H9F3N6/c14-13(15,16)9-3-5-17-11(19-9)8-4-6-22-12(18-8)20-10(21-22)7-1-2-7/h3-7H,1-2H2. The van der Waals surface area contributed by atoms with Gasteiger partial charge in [-0.2, -0.15) is 18.2 Å². The molecule has 3 aromatic rings. The Morgan fingerprint density at radius 3 is 2.64 bits per heavy atom. The lowest BCUT2D eigenvalue weighted by Crippen LogP contribution is -2.09. The van der Waals surface area contributed by atoms with Gasteiger partial charge in [-0.3, -0.25) is 0 Å². The van der Waals surface area contributed by atoms with Crippen LogP contribution in [0, 0.1) is 0 Å². The topological polar surface area (TPSA) is 68.9 Å². The molecule has 6 nitrogen and oxygen atoms in total. The van der Waals surface area contributed by atoms with Crippen molar-refractivity contribution in [3.8, 4) is 11.5 Å². The second kappa shape index (κ2) is 4.46. The first-order valence-corrected chi connectivity index (χ1v) is 6.64. The normalized spacial score (nSPS) is 15.4. The lowest BCUT2D eigenvalue weighted by Gasteiger charge is -2.06. The molecule has 22 heavy (non-hydrogen) atoms. The molecule has 1 aliphatic carbocycles. The van der Waals surface area contributed by atoms with Gasteiger partial charge in [-0.05, 0) is 25.0 Å². The van der Waals surface area contributed by atoms with Crippen LogP contribution < -0.4 is 0 Å². The highest BCUT2D eigenvalue weighted by atomic mass is 19.4. The van der Waals surface area contributed by atoms with Crippen molar-refractivity contribution in [1.29, 1.82) is 0 Å². The van der Waals surface area contributed by atoms with E-state index in [9.17, 15) is 13.2 Å². The molecule has 0 spiro atoms. The first kappa shape index (κ1) is 13.1. The van der Waals surface area contributed by atoms with Gasteiger partial charge in [-0.15, -0.1) is 5.10 Å². The van der Waals surface area contributed by atoms with Crippen molar-refractivity contribution >= 4 is 5.78 Å². The van der Waals surface area contributed by atoms with Crippen LogP contribution in [0.4, 0.5) is 13.2 Å². The van der Waals surface area contributed by atoms with Crippen LogP contribution in [-0.2, 0) is 6.18 Å². The van der Waals surface area contributed by atoms with Gasteiger partial charge in [0.15, 0.2) is 11.6 Å². The molecule has 0 N–H and O–H groups in total. The molecule has 3 heterocycles. The van der Waals surface area contributed by atoms with Crippen molar-refractivity contribution in [2.75, 3.05) is 0 Å². The smallest absolute Gasteiger partial charge is 0.235 e. The van der Waals surface area contributed by atoms with Gasteiger partial charge in [0.1, 0.15) is 11.4 Å². The largest absolute Gasteiger partial charge is 0.433 e. The highest BCUT2D eigenvalue weighted by molar-refractivity contribution is 5.51. The summed E-state index contributed by atoms with van der Waals surface area (Å²) in [5, 5.41) is 4.29. The summed E-state index contributed by atoms with van der Waals surface area (Å²) in [6.07, 6.45) is 0.257. The third-order valence-electron chi connectivity index (χ3n) is 3.34. The Morgan fingerprint density at radius 1 is 1.09 bits per heavy atom. The fourth-order valence-electron chi connectivity index (χ4n) is 2.07.